The standard InChI is InChI=1S/C21H28N2O6S/c1-21(2,3)23-30(26,27)19-13-15(20(24)25)7-8-16(19)22-11-10-14-6-9-17(28-4)18(12-14)29-5/h6-9,12-13,22-23H,10-11H2,1-5H3,(H,24,25). The van der Waals surface area contributed by atoms with Crippen molar-refractivity contribution in [3.8, 4) is 11.5 Å². The summed E-state index contributed by atoms with van der Waals surface area (Å²) in [6.45, 7) is 5.58. The number of rotatable bonds is 9. The fourth-order valence-electron chi connectivity index (χ4n) is 2.86. The molecule has 0 aliphatic rings. The van der Waals surface area contributed by atoms with E-state index in [-0.39, 0.29) is 10.5 Å². The number of sulfonamides is 1. The van der Waals surface area contributed by atoms with Gasteiger partial charge in [0.05, 0.1) is 25.5 Å². The largest absolute Gasteiger partial charge is 0.493 e. The Balaban J connectivity index is 2.26. The zero-order chi connectivity index (χ0) is 22.5. The average Bonchev–Trinajstić information content (AvgIpc) is 2.65. The minimum absolute atomic E-state index is 0.102. The molecule has 2 aromatic carbocycles. The molecule has 0 fully saturated rings. The molecule has 0 saturated heterocycles. The lowest BCUT2D eigenvalue weighted by Crippen LogP contribution is -2.40. The van der Waals surface area contributed by atoms with Crippen LogP contribution in [0.2, 0.25) is 0 Å². The predicted molar refractivity (Wildman–Crippen MR) is 115 cm³/mol. The maximum absolute atomic E-state index is 12.9. The summed E-state index contributed by atoms with van der Waals surface area (Å²) in [6.07, 6.45) is 0.590. The van der Waals surface area contributed by atoms with Crippen LogP contribution in [0, 0.1) is 0 Å². The molecule has 0 atom stereocenters. The molecule has 0 aliphatic carbocycles. The van der Waals surface area contributed by atoms with Crippen molar-refractivity contribution in [3.05, 3.63) is 47.5 Å². The van der Waals surface area contributed by atoms with Crippen molar-refractivity contribution in [2.75, 3.05) is 26.1 Å². The number of aromatic carboxylic acids is 1. The van der Waals surface area contributed by atoms with E-state index in [4.69, 9.17) is 9.47 Å². The van der Waals surface area contributed by atoms with E-state index in [2.05, 4.69) is 10.0 Å². The summed E-state index contributed by atoms with van der Waals surface area (Å²) in [6, 6.07) is 9.56. The Morgan fingerprint density at radius 3 is 2.27 bits per heavy atom. The average molecular weight is 437 g/mol. The van der Waals surface area contributed by atoms with Gasteiger partial charge >= 0.3 is 5.97 Å². The third-order valence-corrected chi connectivity index (χ3v) is 5.93. The molecule has 0 unspecified atom stereocenters. The number of anilines is 1. The molecule has 3 N–H and O–H groups in total. The number of carbonyl (C=O) groups is 1. The Bertz CT molecular complexity index is 1010. The summed E-state index contributed by atoms with van der Waals surface area (Å²) < 4.78 is 38.8. The molecule has 0 heterocycles. The van der Waals surface area contributed by atoms with Crippen molar-refractivity contribution < 1.29 is 27.8 Å². The molecule has 8 nitrogen and oxygen atoms in total. The van der Waals surface area contributed by atoms with Crippen LogP contribution in [-0.4, -0.2) is 45.8 Å². The number of carboxylic acids is 1. The Labute approximate surface area is 177 Å². The molecule has 30 heavy (non-hydrogen) atoms. The molecular weight excluding hydrogens is 408 g/mol. The summed E-state index contributed by atoms with van der Waals surface area (Å²) >= 11 is 0. The van der Waals surface area contributed by atoms with Crippen LogP contribution in [0.5, 0.6) is 11.5 Å². The molecule has 2 rings (SSSR count). The molecule has 0 spiro atoms. The molecule has 0 amide bonds. The van der Waals surface area contributed by atoms with E-state index in [1.165, 1.54) is 12.1 Å². The second kappa shape index (κ2) is 9.36. The summed E-state index contributed by atoms with van der Waals surface area (Å²) in [5.74, 6) is 0.0395. The van der Waals surface area contributed by atoms with E-state index in [0.717, 1.165) is 11.6 Å². The molecule has 9 heteroatoms. The first-order valence-electron chi connectivity index (χ1n) is 9.33. The highest BCUT2D eigenvalue weighted by Gasteiger charge is 2.25. The maximum atomic E-state index is 12.9. The number of nitrogens with one attached hydrogen (secondary N) is 2. The van der Waals surface area contributed by atoms with Gasteiger partial charge in [0.25, 0.3) is 0 Å². The number of ether oxygens (including phenoxy) is 2. The van der Waals surface area contributed by atoms with Crippen LogP contribution in [0.4, 0.5) is 5.69 Å². The van der Waals surface area contributed by atoms with Crippen molar-refractivity contribution in [3.63, 3.8) is 0 Å². The van der Waals surface area contributed by atoms with Crippen LogP contribution in [0.1, 0.15) is 36.7 Å². The highest BCUT2D eigenvalue weighted by atomic mass is 32.2. The molecule has 164 valence electrons. The van der Waals surface area contributed by atoms with Gasteiger partial charge in [-0.25, -0.2) is 17.9 Å². The Morgan fingerprint density at radius 2 is 1.70 bits per heavy atom. The molecule has 0 saturated carbocycles. The highest BCUT2D eigenvalue weighted by molar-refractivity contribution is 7.89. The smallest absolute Gasteiger partial charge is 0.335 e. The molecule has 0 radical (unpaired) electrons. The summed E-state index contributed by atoms with van der Waals surface area (Å²) in [5.41, 5.74) is 0.487. The van der Waals surface area contributed by atoms with Crippen LogP contribution in [0.25, 0.3) is 0 Å². The van der Waals surface area contributed by atoms with Crippen molar-refractivity contribution in [1.82, 2.24) is 4.72 Å². The topological polar surface area (TPSA) is 114 Å². The SMILES string of the molecule is COc1ccc(CCNc2ccc(C(=O)O)cc2S(=O)(=O)NC(C)(C)C)cc1OC. The monoisotopic (exact) mass is 436 g/mol. The van der Waals surface area contributed by atoms with Gasteiger partial charge in [0.2, 0.25) is 10.0 Å². The lowest BCUT2D eigenvalue weighted by Gasteiger charge is -2.22. The summed E-state index contributed by atoms with van der Waals surface area (Å²) in [7, 11) is -0.810. The number of benzene rings is 2. The zero-order valence-corrected chi connectivity index (χ0v) is 18.6. The van der Waals surface area contributed by atoms with E-state index >= 15 is 0 Å². The normalized spacial score (nSPS) is 11.8. The van der Waals surface area contributed by atoms with Gasteiger partial charge < -0.3 is 19.9 Å². The van der Waals surface area contributed by atoms with E-state index in [1.54, 1.807) is 41.1 Å². The molecule has 2 aromatic rings. The Morgan fingerprint density at radius 1 is 1.03 bits per heavy atom. The minimum atomic E-state index is -3.93. The van der Waals surface area contributed by atoms with Crippen LogP contribution < -0.4 is 19.5 Å². The van der Waals surface area contributed by atoms with Gasteiger partial charge in [0.1, 0.15) is 4.90 Å². The molecule has 0 bridgehead atoms. The van der Waals surface area contributed by atoms with Crippen LogP contribution in [-0.2, 0) is 16.4 Å². The fraction of sp³-hybridized carbons (Fsp3) is 0.381. The second-order valence-corrected chi connectivity index (χ2v) is 9.39. The number of hydrogen-bond acceptors (Lipinski definition) is 6. The van der Waals surface area contributed by atoms with Gasteiger partial charge in [0, 0.05) is 12.1 Å². The van der Waals surface area contributed by atoms with Gasteiger partial charge in [-0.3, -0.25) is 0 Å². The quantitative estimate of drug-likeness (QED) is 0.553. The molecule has 0 aliphatic heterocycles. The number of hydrogen-bond donors (Lipinski definition) is 3. The van der Waals surface area contributed by atoms with Crippen molar-refractivity contribution in [2.45, 2.75) is 37.6 Å². The number of methoxy groups -OCH3 is 2. The summed E-state index contributed by atoms with van der Waals surface area (Å²) in [5, 5.41) is 12.4. The number of carboxylic acid groups (broad SMARTS) is 1. The third-order valence-electron chi connectivity index (χ3n) is 4.14. The fourth-order valence-corrected chi connectivity index (χ4v) is 4.49. The van der Waals surface area contributed by atoms with Crippen molar-refractivity contribution >= 4 is 21.7 Å². The predicted octanol–water partition coefficient (Wildman–Crippen LogP) is 3.13. The van der Waals surface area contributed by atoms with E-state index in [0.29, 0.717) is 30.2 Å². The van der Waals surface area contributed by atoms with Gasteiger partial charge in [-0.05, 0) is 63.1 Å². The van der Waals surface area contributed by atoms with Crippen LogP contribution in [0.15, 0.2) is 41.3 Å². The van der Waals surface area contributed by atoms with Crippen LogP contribution in [0.3, 0.4) is 0 Å². The third kappa shape index (κ3) is 6.11. The van der Waals surface area contributed by atoms with E-state index < -0.39 is 21.5 Å². The minimum Gasteiger partial charge on any atom is -0.493 e. The second-order valence-electron chi connectivity index (χ2n) is 7.74. The van der Waals surface area contributed by atoms with Gasteiger partial charge in [-0.15, -0.1) is 0 Å². The zero-order valence-electron chi connectivity index (χ0n) is 17.8. The first kappa shape index (κ1) is 23.5. The lowest BCUT2D eigenvalue weighted by molar-refractivity contribution is 0.0696. The van der Waals surface area contributed by atoms with Gasteiger partial charge in [-0.2, -0.15) is 0 Å². The lowest BCUT2D eigenvalue weighted by atomic mass is 10.1. The Hall–Kier alpha value is -2.78. The van der Waals surface area contributed by atoms with Gasteiger partial charge in [-0.1, -0.05) is 6.07 Å². The Kier molecular flexibility index (Phi) is 7.33. The molecule has 0 aromatic heterocycles. The van der Waals surface area contributed by atoms with E-state index in [9.17, 15) is 18.3 Å². The van der Waals surface area contributed by atoms with Crippen molar-refractivity contribution in [2.24, 2.45) is 0 Å². The van der Waals surface area contributed by atoms with E-state index in [1.807, 2.05) is 12.1 Å². The summed E-state index contributed by atoms with van der Waals surface area (Å²) in [4.78, 5) is 11.2. The van der Waals surface area contributed by atoms with Crippen molar-refractivity contribution in [1.29, 1.82) is 0 Å². The van der Waals surface area contributed by atoms with Crippen LogP contribution >= 0.6 is 0 Å². The maximum Gasteiger partial charge on any atom is 0.335 e. The van der Waals surface area contributed by atoms with Gasteiger partial charge in [0.15, 0.2) is 11.5 Å². The first-order chi connectivity index (χ1) is 14.0. The highest BCUT2D eigenvalue weighted by Crippen LogP contribution is 2.28. The molecular formula is C21H28N2O6S. The first-order valence-corrected chi connectivity index (χ1v) is 10.8.